The Morgan fingerprint density at radius 2 is 1.87 bits per heavy atom. The SMILES string of the molecule is CN(C)C(=O)N1CCCCC1c1nnc2n1CCN(C(=O)CCc1ccccc1)C2. The van der Waals surface area contributed by atoms with Gasteiger partial charge in [-0.3, -0.25) is 4.79 Å². The summed E-state index contributed by atoms with van der Waals surface area (Å²) in [4.78, 5) is 30.8. The molecule has 4 rings (SSSR count). The number of urea groups is 1. The van der Waals surface area contributed by atoms with E-state index in [4.69, 9.17) is 0 Å². The zero-order valence-electron chi connectivity index (χ0n) is 17.8. The summed E-state index contributed by atoms with van der Waals surface area (Å²) in [6.45, 7) is 2.55. The van der Waals surface area contributed by atoms with Gasteiger partial charge in [-0.05, 0) is 31.2 Å². The van der Waals surface area contributed by atoms with Crippen molar-refractivity contribution in [1.82, 2.24) is 29.5 Å². The molecule has 160 valence electrons. The van der Waals surface area contributed by atoms with E-state index in [0.717, 1.165) is 43.9 Å². The molecule has 0 radical (unpaired) electrons. The number of hydrogen-bond acceptors (Lipinski definition) is 4. The lowest BCUT2D eigenvalue weighted by Gasteiger charge is -2.37. The van der Waals surface area contributed by atoms with E-state index in [0.29, 0.717) is 26.1 Å². The van der Waals surface area contributed by atoms with Crippen LogP contribution in [-0.4, -0.2) is 68.6 Å². The minimum Gasteiger partial charge on any atom is -0.333 e. The van der Waals surface area contributed by atoms with Gasteiger partial charge in [0.1, 0.15) is 0 Å². The summed E-state index contributed by atoms with van der Waals surface area (Å²) in [5.41, 5.74) is 1.18. The van der Waals surface area contributed by atoms with Crippen molar-refractivity contribution >= 4 is 11.9 Å². The molecule has 1 aromatic carbocycles. The van der Waals surface area contributed by atoms with Gasteiger partial charge in [0.05, 0.1) is 12.6 Å². The van der Waals surface area contributed by atoms with Crippen molar-refractivity contribution in [1.29, 1.82) is 0 Å². The zero-order chi connectivity index (χ0) is 21.1. The number of hydrogen-bond donors (Lipinski definition) is 0. The van der Waals surface area contributed by atoms with E-state index in [2.05, 4.69) is 26.9 Å². The maximum atomic E-state index is 12.7. The fourth-order valence-electron chi connectivity index (χ4n) is 4.38. The molecular weight excluding hydrogens is 380 g/mol. The van der Waals surface area contributed by atoms with E-state index < -0.39 is 0 Å². The van der Waals surface area contributed by atoms with Crippen LogP contribution in [0.3, 0.4) is 0 Å². The van der Waals surface area contributed by atoms with Crippen molar-refractivity contribution in [2.75, 3.05) is 27.2 Å². The molecular formula is C22H30N6O2. The highest BCUT2D eigenvalue weighted by Gasteiger charge is 2.34. The number of carbonyl (C=O) groups excluding carboxylic acids is 2. The molecule has 2 aromatic rings. The monoisotopic (exact) mass is 410 g/mol. The topological polar surface area (TPSA) is 74.6 Å². The smallest absolute Gasteiger partial charge is 0.320 e. The maximum absolute atomic E-state index is 12.7. The van der Waals surface area contributed by atoms with Crippen LogP contribution in [0.15, 0.2) is 30.3 Å². The van der Waals surface area contributed by atoms with Crippen molar-refractivity contribution in [3.8, 4) is 0 Å². The normalized spacial score (nSPS) is 18.8. The quantitative estimate of drug-likeness (QED) is 0.776. The Bertz CT molecular complexity index is 894. The molecule has 3 heterocycles. The van der Waals surface area contributed by atoms with Crippen molar-refractivity contribution < 1.29 is 9.59 Å². The first-order chi connectivity index (χ1) is 14.5. The number of aromatic nitrogens is 3. The van der Waals surface area contributed by atoms with Crippen LogP contribution < -0.4 is 0 Å². The van der Waals surface area contributed by atoms with Crippen LogP contribution in [0, 0.1) is 0 Å². The van der Waals surface area contributed by atoms with E-state index in [1.807, 2.05) is 28.0 Å². The molecule has 1 atom stereocenters. The van der Waals surface area contributed by atoms with Crippen molar-refractivity contribution in [2.45, 2.75) is 51.2 Å². The minimum absolute atomic E-state index is 0.0191. The molecule has 1 aromatic heterocycles. The number of fused-ring (bicyclic) bond motifs is 1. The highest BCUT2D eigenvalue weighted by Crippen LogP contribution is 2.31. The first-order valence-corrected chi connectivity index (χ1v) is 10.8. The predicted octanol–water partition coefficient (Wildman–Crippen LogP) is 2.46. The number of nitrogens with zero attached hydrogens (tertiary/aromatic N) is 6. The van der Waals surface area contributed by atoms with Crippen LogP contribution in [0.1, 0.15) is 48.9 Å². The third-order valence-corrected chi connectivity index (χ3v) is 6.03. The molecule has 0 spiro atoms. The van der Waals surface area contributed by atoms with E-state index in [1.165, 1.54) is 5.56 Å². The Hall–Kier alpha value is -2.90. The number of carbonyl (C=O) groups is 2. The van der Waals surface area contributed by atoms with E-state index in [9.17, 15) is 9.59 Å². The van der Waals surface area contributed by atoms with Gasteiger partial charge < -0.3 is 19.3 Å². The third-order valence-electron chi connectivity index (χ3n) is 6.03. The second kappa shape index (κ2) is 8.85. The number of aryl methyl sites for hydroxylation is 1. The summed E-state index contributed by atoms with van der Waals surface area (Å²) >= 11 is 0. The van der Waals surface area contributed by atoms with Gasteiger partial charge in [-0.2, -0.15) is 0 Å². The van der Waals surface area contributed by atoms with E-state index in [1.54, 1.807) is 19.0 Å². The molecule has 30 heavy (non-hydrogen) atoms. The van der Waals surface area contributed by atoms with E-state index >= 15 is 0 Å². The highest BCUT2D eigenvalue weighted by molar-refractivity contribution is 5.76. The van der Waals surface area contributed by atoms with E-state index in [-0.39, 0.29) is 18.0 Å². The number of benzene rings is 1. The Balaban J connectivity index is 1.43. The summed E-state index contributed by atoms with van der Waals surface area (Å²) in [5.74, 6) is 1.82. The highest BCUT2D eigenvalue weighted by atomic mass is 16.2. The largest absolute Gasteiger partial charge is 0.333 e. The number of piperidine rings is 1. The lowest BCUT2D eigenvalue weighted by Crippen LogP contribution is -2.45. The summed E-state index contributed by atoms with van der Waals surface area (Å²) < 4.78 is 2.12. The minimum atomic E-state index is -0.0461. The summed E-state index contributed by atoms with van der Waals surface area (Å²) in [6, 6.07) is 10.1. The van der Waals surface area contributed by atoms with Gasteiger partial charge in [-0.1, -0.05) is 30.3 Å². The summed E-state index contributed by atoms with van der Waals surface area (Å²) in [6.07, 6.45) is 4.24. The van der Waals surface area contributed by atoms with Crippen LogP contribution in [0.2, 0.25) is 0 Å². The zero-order valence-corrected chi connectivity index (χ0v) is 17.8. The average molecular weight is 411 g/mol. The first-order valence-electron chi connectivity index (χ1n) is 10.8. The van der Waals surface area contributed by atoms with Gasteiger partial charge in [0.25, 0.3) is 0 Å². The summed E-state index contributed by atoms with van der Waals surface area (Å²) in [5, 5.41) is 8.85. The van der Waals surface area contributed by atoms with Gasteiger partial charge in [0, 0.05) is 40.2 Å². The number of rotatable bonds is 4. The standard InChI is InChI=1S/C22H30N6O2/c1-25(2)22(30)27-13-7-6-10-18(27)21-24-23-19-16-26(14-15-28(19)21)20(29)12-11-17-8-4-3-5-9-17/h3-5,8-9,18H,6-7,10-16H2,1-2H3. The van der Waals surface area contributed by atoms with Crippen LogP contribution in [0.5, 0.6) is 0 Å². The fourth-order valence-corrected chi connectivity index (χ4v) is 4.38. The van der Waals surface area contributed by atoms with Crippen LogP contribution >= 0.6 is 0 Å². The molecule has 0 aliphatic carbocycles. The van der Waals surface area contributed by atoms with Crippen molar-refractivity contribution in [3.63, 3.8) is 0 Å². The number of likely N-dealkylation sites (tertiary alicyclic amines) is 1. The second-order valence-electron chi connectivity index (χ2n) is 8.31. The van der Waals surface area contributed by atoms with Crippen LogP contribution in [0.4, 0.5) is 4.79 Å². The Morgan fingerprint density at radius 3 is 2.63 bits per heavy atom. The van der Waals surface area contributed by atoms with Crippen LogP contribution in [-0.2, 0) is 24.3 Å². The molecule has 0 N–H and O–H groups in total. The molecule has 2 aliphatic rings. The molecule has 8 heteroatoms. The lowest BCUT2D eigenvalue weighted by atomic mass is 10.0. The van der Waals surface area contributed by atoms with Crippen molar-refractivity contribution in [2.24, 2.45) is 0 Å². The molecule has 1 unspecified atom stereocenters. The average Bonchev–Trinajstić information content (AvgIpc) is 3.20. The molecule has 1 fully saturated rings. The molecule has 0 bridgehead atoms. The van der Waals surface area contributed by atoms with Gasteiger partial charge in [-0.15, -0.1) is 10.2 Å². The third kappa shape index (κ3) is 4.17. The second-order valence-corrected chi connectivity index (χ2v) is 8.31. The van der Waals surface area contributed by atoms with Crippen LogP contribution in [0.25, 0.3) is 0 Å². The first kappa shape index (κ1) is 20.4. The van der Waals surface area contributed by atoms with Crippen molar-refractivity contribution in [3.05, 3.63) is 47.5 Å². The van der Waals surface area contributed by atoms with Gasteiger partial charge in [0.2, 0.25) is 5.91 Å². The predicted molar refractivity (Wildman–Crippen MR) is 113 cm³/mol. The van der Waals surface area contributed by atoms with Gasteiger partial charge >= 0.3 is 6.03 Å². The molecule has 0 saturated carbocycles. The Labute approximate surface area is 177 Å². The molecule has 8 nitrogen and oxygen atoms in total. The Kier molecular flexibility index (Phi) is 6.01. The molecule has 3 amide bonds. The Morgan fingerprint density at radius 1 is 1.07 bits per heavy atom. The molecule has 2 aliphatic heterocycles. The van der Waals surface area contributed by atoms with Gasteiger partial charge in [0.15, 0.2) is 11.6 Å². The number of amides is 3. The lowest BCUT2D eigenvalue weighted by molar-refractivity contribution is -0.132. The molecule has 1 saturated heterocycles. The summed E-state index contributed by atoms with van der Waals surface area (Å²) in [7, 11) is 3.57. The van der Waals surface area contributed by atoms with Gasteiger partial charge in [-0.25, -0.2) is 4.79 Å². The fraction of sp³-hybridized carbons (Fsp3) is 0.545. The maximum Gasteiger partial charge on any atom is 0.320 e.